The number of carbonyl (C=O) groups excluding carboxylic acids is 1. The molecule has 0 aliphatic heterocycles. The number of nitrogens with one attached hydrogen (secondary N) is 1. The summed E-state index contributed by atoms with van der Waals surface area (Å²) in [7, 11) is 0. The fourth-order valence-corrected chi connectivity index (χ4v) is 1.44. The second-order valence-electron chi connectivity index (χ2n) is 3.87. The van der Waals surface area contributed by atoms with Gasteiger partial charge in [0.15, 0.2) is 0 Å². The molecule has 1 aromatic carbocycles. The molecule has 0 spiro atoms. The summed E-state index contributed by atoms with van der Waals surface area (Å²) in [5, 5.41) is 12.7. The second kappa shape index (κ2) is 6.22. The van der Waals surface area contributed by atoms with Crippen LogP contribution in [-0.2, 0) is 0 Å². The fraction of sp³-hybridized carbons (Fsp3) is 0.364. The van der Waals surface area contributed by atoms with E-state index < -0.39 is 23.7 Å². The summed E-state index contributed by atoms with van der Waals surface area (Å²) in [4.78, 5) is 22.1. The van der Waals surface area contributed by atoms with Gasteiger partial charge in [-0.1, -0.05) is 6.07 Å². The highest BCUT2D eigenvalue weighted by Crippen LogP contribution is 2.19. The molecule has 0 saturated heterocycles. The largest absolute Gasteiger partial charge is 0.406 e. The standard InChI is InChI=1S/C11H12F3N3O3/c1-2-16(7-11(12,13)14)10(18)15-8-4-3-5-9(6-8)17(19)20/h3-6H,2,7H2,1H3,(H,15,18). The smallest absolute Gasteiger partial charge is 0.316 e. The number of amides is 2. The zero-order valence-corrected chi connectivity index (χ0v) is 10.5. The van der Waals surface area contributed by atoms with Crippen LogP contribution in [0.5, 0.6) is 0 Å². The van der Waals surface area contributed by atoms with E-state index in [9.17, 15) is 28.1 Å². The van der Waals surface area contributed by atoms with Gasteiger partial charge in [0, 0.05) is 24.4 Å². The van der Waals surface area contributed by atoms with Crippen molar-refractivity contribution in [3.05, 3.63) is 34.4 Å². The first kappa shape index (κ1) is 15.7. The SMILES string of the molecule is CCN(CC(F)(F)F)C(=O)Nc1cccc([N+](=O)[O-])c1. The normalized spacial score (nSPS) is 11.0. The third kappa shape index (κ3) is 4.75. The van der Waals surface area contributed by atoms with E-state index in [1.807, 2.05) is 0 Å². The van der Waals surface area contributed by atoms with Gasteiger partial charge < -0.3 is 10.2 Å². The van der Waals surface area contributed by atoms with Crippen molar-refractivity contribution in [2.24, 2.45) is 0 Å². The van der Waals surface area contributed by atoms with Gasteiger partial charge in [-0.2, -0.15) is 13.2 Å². The van der Waals surface area contributed by atoms with Gasteiger partial charge in [0.05, 0.1) is 4.92 Å². The number of halogens is 3. The van der Waals surface area contributed by atoms with Crippen molar-refractivity contribution in [3.63, 3.8) is 0 Å². The zero-order valence-electron chi connectivity index (χ0n) is 10.5. The third-order valence-electron chi connectivity index (χ3n) is 2.35. The van der Waals surface area contributed by atoms with E-state index in [-0.39, 0.29) is 17.9 Å². The van der Waals surface area contributed by atoms with Crippen molar-refractivity contribution in [3.8, 4) is 0 Å². The lowest BCUT2D eigenvalue weighted by atomic mass is 10.3. The van der Waals surface area contributed by atoms with Crippen molar-refractivity contribution in [1.29, 1.82) is 0 Å². The van der Waals surface area contributed by atoms with Crippen molar-refractivity contribution in [1.82, 2.24) is 4.90 Å². The molecule has 0 unspecified atom stereocenters. The highest BCUT2D eigenvalue weighted by molar-refractivity contribution is 5.89. The molecule has 0 radical (unpaired) electrons. The van der Waals surface area contributed by atoms with Crippen LogP contribution in [0.2, 0.25) is 0 Å². The number of urea groups is 1. The molecule has 0 aliphatic carbocycles. The molecule has 1 N–H and O–H groups in total. The molecule has 1 aromatic rings. The Morgan fingerprint density at radius 2 is 2.10 bits per heavy atom. The van der Waals surface area contributed by atoms with Crippen LogP contribution < -0.4 is 5.32 Å². The number of nitrogens with zero attached hydrogens (tertiary/aromatic N) is 2. The van der Waals surface area contributed by atoms with E-state index in [0.29, 0.717) is 4.90 Å². The minimum Gasteiger partial charge on any atom is -0.316 e. The summed E-state index contributed by atoms with van der Waals surface area (Å²) in [5.74, 6) is 0. The minimum absolute atomic E-state index is 0.0600. The average molecular weight is 291 g/mol. The van der Waals surface area contributed by atoms with Gasteiger partial charge in [-0.15, -0.1) is 0 Å². The summed E-state index contributed by atoms with van der Waals surface area (Å²) in [6.45, 7) is -0.122. The molecule has 9 heteroatoms. The molecular weight excluding hydrogens is 279 g/mol. The molecular formula is C11H12F3N3O3. The maximum Gasteiger partial charge on any atom is 0.406 e. The van der Waals surface area contributed by atoms with E-state index in [4.69, 9.17) is 0 Å². The van der Waals surface area contributed by atoms with Gasteiger partial charge >= 0.3 is 12.2 Å². The Balaban J connectivity index is 2.78. The third-order valence-corrected chi connectivity index (χ3v) is 2.35. The van der Waals surface area contributed by atoms with E-state index in [1.54, 1.807) is 0 Å². The fourth-order valence-electron chi connectivity index (χ4n) is 1.44. The second-order valence-corrected chi connectivity index (χ2v) is 3.87. The molecule has 0 heterocycles. The first-order chi connectivity index (χ1) is 9.23. The van der Waals surface area contributed by atoms with Crippen molar-refractivity contribution in [2.45, 2.75) is 13.1 Å². The first-order valence-corrected chi connectivity index (χ1v) is 5.60. The van der Waals surface area contributed by atoms with Gasteiger partial charge in [0.2, 0.25) is 0 Å². The Labute approximate surface area is 112 Å². The van der Waals surface area contributed by atoms with Crippen LogP contribution in [0.3, 0.4) is 0 Å². The van der Waals surface area contributed by atoms with Crippen LogP contribution in [0.1, 0.15) is 6.92 Å². The number of rotatable bonds is 4. The average Bonchev–Trinajstić information content (AvgIpc) is 2.35. The summed E-state index contributed by atoms with van der Waals surface area (Å²) < 4.78 is 36.8. The molecule has 110 valence electrons. The minimum atomic E-state index is -4.50. The molecule has 0 atom stereocenters. The lowest BCUT2D eigenvalue weighted by molar-refractivity contribution is -0.384. The molecule has 0 saturated carbocycles. The van der Waals surface area contributed by atoms with Crippen LogP contribution >= 0.6 is 0 Å². The predicted octanol–water partition coefficient (Wildman–Crippen LogP) is 3.01. The summed E-state index contributed by atoms with van der Waals surface area (Å²) in [5.41, 5.74) is -0.202. The Morgan fingerprint density at radius 1 is 1.45 bits per heavy atom. The van der Waals surface area contributed by atoms with Crippen LogP contribution in [0.15, 0.2) is 24.3 Å². The molecule has 0 aromatic heterocycles. The Kier molecular flexibility index (Phi) is 4.89. The van der Waals surface area contributed by atoms with Gasteiger partial charge in [-0.3, -0.25) is 10.1 Å². The highest BCUT2D eigenvalue weighted by Gasteiger charge is 2.32. The number of anilines is 1. The van der Waals surface area contributed by atoms with Gasteiger partial charge in [-0.25, -0.2) is 4.79 Å². The number of alkyl halides is 3. The summed E-state index contributed by atoms with van der Waals surface area (Å²) in [6.07, 6.45) is -4.50. The van der Waals surface area contributed by atoms with E-state index >= 15 is 0 Å². The predicted molar refractivity (Wildman–Crippen MR) is 65.4 cm³/mol. The lowest BCUT2D eigenvalue weighted by Crippen LogP contribution is -2.41. The zero-order chi connectivity index (χ0) is 15.3. The topological polar surface area (TPSA) is 75.5 Å². The molecule has 0 bridgehead atoms. The number of hydrogen-bond donors (Lipinski definition) is 1. The van der Waals surface area contributed by atoms with Crippen LogP contribution in [-0.4, -0.2) is 35.1 Å². The van der Waals surface area contributed by atoms with Crippen molar-refractivity contribution < 1.29 is 22.9 Å². The van der Waals surface area contributed by atoms with Crippen molar-refractivity contribution >= 4 is 17.4 Å². The Morgan fingerprint density at radius 3 is 2.60 bits per heavy atom. The van der Waals surface area contributed by atoms with Crippen LogP contribution in [0, 0.1) is 10.1 Å². The highest BCUT2D eigenvalue weighted by atomic mass is 19.4. The van der Waals surface area contributed by atoms with Gasteiger partial charge in [0.25, 0.3) is 5.69 Å². The summed E-state index contributed by atoms with van der Waals surface area (Å²) >= 11 is 0. The molecule has 0 fully saturated rings. The first-order valence-electron chi connectivity index (χ1n) is 5.60. The van der Waals surface area contributed by atoms with Crippen LogP contribution in [0.25, 0.3) is 0 Å². The monoisotopic (exact) mass is 291 g/mol. The number of carbonyl (C=O) groups is 1. The number of nitro benzene ring substituents is 1. The van der Waals surface area contributed by atoms with Crippen LogP contribution in [0.4, 0.5) is 29.3 Å². The molecule has 20 heavy (non-hydrogen) atoms. The number of hydrogen-bond acceptors (Lipinski definition) is 3. The Hall–Kier alpha value is -2.32. The number of nitro groups is 1. The quantitative estimate of drug-likeness (QED) is 0.684. The molecule has 0 aliphatic rings. The molecule has 2 amide bonds. The van der Waals surface area contributed by atoms with E-state index in [0.717, 1.165) is 6.07 Å². The summed E-state index contributed by atoms with van der Waals surface area (Å²) in [6, 6.07) is 3.99. The molecule has 6 nitrogen and oxygen atoms in total. The lowest BCUT2D eigenvalue weighted by Gasteiger charge is -2.22. The number of non-ortho nitro benzene ring substituents is 1. The Bertz CT molecular complexity index is 505. The van der Waals surface area contributed by atoms with E-state index in [2.05, 4.69) is 5.32 Å². The maximum atomic E-state index is 12.3. The maximum absolute atomic E-state index is 12.3. The molecule has 1 rings (SSSR count). The van der Waals surface area contributed by atoms with E-state index in [1.165, 1.54) is 25.1 Å². The number of benzene rings is 1. The van der Waals surface area contributed by atoms with Gasteiger partial charge in [-0.05, 0) is 13.0 Å². The van der Waals surface area contributed by atoms with Crippen molar-refractivity contribution in [2.75, 3.05) is 18.4 Å². The van der Waals surface area contributed by atoms with Gasteiger partial charge in [0.1, 0.15) is 6.54 Å².